The Balaban J connectivity index is 1.36. The van der Waals surface area contributed by atoms with E-state index < -0.39 is 15.8 Å². The molecule has 2 fully saturated rings. The van der Waals surface area contributed by atoms with Gasteiger partial charge in [-0.3, -0.25) is 4.79 Å². The van der Waals surface area contributed by atoms with Crippen molar-refractivity contribution >= 4 is 38.9 Å². The Morgan fingerprint density at radius 3 is 2.47 bits per heavy atom. The third-order valence-corrected chi connectivity index (χ3v) is 8.03. The van der Waals surface area contributed by atoms with Gasteiger partial charge in [-0.05, 0) is 49.2 Å². The highest BCUT2D eigenvalue weighted by atomic mass is 35.5. The molecule has 2 aliphatic rings. The molecule has 1 N–H and O–H groups in total. The topological polar surface area (TPSA) is 79.0 Å². The Bertz CT molecular complexity index is 1080. The van der Waals surface area contributed by atoms with Crippen molar-refractivity contribution in [2.24, 2.45) is 5.92 Å². The van der Waals surface area contributed by atoms with Crippen LogP contribution in [-0.4, -0.2) is 58.0 Å². The maximum Gasteiger partial charge on any atom is 0.243 e. The zero-order valence-electron chi connectivity index (χ0n) is 17.5. The summed E-state index contributed by atoms with van der Waals surface area (Å²) in [6.45, 7) is 3.41. The van der Waals surface area contributed by atoms with Gasteiger partial charge in [0.2, 0.25) is 15.9 Å². The van der Waals surface area contributed by atoms with Crippen LogP contribution in [0.4, 0.5) is 15.8 Å². The van der Waals surface area contributed by atoms with Crippen LogP contribution in [0.2, 0.25) is 5.02 Å². The molecule has 4 rings (SSSR count). The fourth-order valence-corrected chi connectivity index (χ4v) is 5.73. The predicted octanol–water partition coefficient (Wildman–Crippen LogP) is 3.36. The standard InChI is InChI=1S/C22H25ClFN3O4S/c23-20-15-19(4-5-21(20)24)32(29,30)27-8-6-16(7-9-27)22(28)25-17-2-1-3-18(14-17)26-10-12-31-13-11-26/h1-5,14-16H,6-13H2,(H,25,28). The molecule has 0 spiro atoms. The maximum atomic E-state index is 13.4. The maximum absolute atomic E-state index is 13.4. The number of benzene rings is 2. The minimum absolute atomic E-state index is 0.0493. The van der Waals surface area contributed by atoms with Crippen LogP contribution in [0.25, 0.3) is 0 Å². The van der Waals surface area contributed by atoms with E-state index in [4.69, 9.17) is 16.3 Å². The Hall–Kier alpha value is -2.20. The first-order valence-corrected chi connectivity index (χ1v) is 12.4. The molecule has 0 saturated carbocycles. The van der Waals surface area contributed by atoms with Crippen molar-refractivity contribution in [2.45, 2.75) is 17.7 Å². The normalized spacial score (nSPS) is 18.5. The number of sulfonamides is 1. The molecule has 0 atom stereocenters. The highest BCUT2D eigenvalue weighted by Crippen LogP contribution is 2.28. The van der Waals surface area contributed by atoms with E-state index in [2.05, 4.69) is 10.2 Å². The summed E-state index contributed by atoms with van der Waals surface area (Å²) in [5.74, 6) is -1.07. The molecule has 0 unspecified atom stereocenters. The van der Waals surface area contributed by atoms with E-state index in [1.807, 2.05) is 24.3 Å². The molecule has 0 bridgehead atoms. The summed E-state index contributed by atoms with van der Waals surface area (Å²) in [6, 6.07) is 11.1. The molecule has 2 heterocycles. The van der Waals surface area contributed by atoms with Crippen LogP contribution >= 0.6 is 11.6 Å². The van der Waals surface area contributed by atoms with E-state index in [1.54, 1.807) is 0 Å². The quantitative estimate of drug-likeness (QED) is 0.708. The number of rotatable bonds is 5. The van der Waals surface area contributed by atoms with Crippen LogP contribution in [0.15, 0.2) is 47.4 Å². The van der Waals surface area contributed by atoms with E-state index >= 15 is 0 Å². The Labute approximate surface area is 192 Å². The monoisotopic (exact) mass is 481 g/mol. The van der Waals surface area contributed by atoms with Crippen molar-refractivity contribution in [1.29, 1.82) is 0 Å². The lowest BCUT2D eigenvalue weighted by Crippen LogP contribution is -2.41. The minimum Gasteiger partial charge on any atom is -0.378 e. The minimum atomic E-state index is -3.79. The van der Waals surface area contributed by atoms with E-state index in [-0.39, 0.29) is 34.8 Å². The number of carbonyl (C=O) groups is 1. The number of hydrogen-bond donors (Lipinski definition) is 1. The highest BCUT2D eigenvalue weighted by Gasteiger charge is 2.32. The average molecular weight is 482 g/mol. The molecule has 2 saturated heterocycles. The van der Waals surface area contributed by atoms with Gasteiger partial charge in [-0.1, -0.05) is 17.7 Å². The first-order chi connectivity index (χ1) is 15.3. The molecule has 7 nitrogen and oxygen atoms in total. The summed E-state index contributed by atoms with van der Waals surface area (Å²) in [5, 5.41) is 2.73. The van der Waals surface area contributed by atoms with Crippen LogP contribution < -0.4 is 10.2 Å². The number of nitrogens with one attached hydrogen (secondary N) is 1. The van der Waals surface area contributed by atoms with E-state index in [0.717, 1.165) is 36.6 Å². The summed E-state index contributed by atoms with van der Waals surface area (Å²) < 4.78 is 45.8. The van der Waals surface area contributed by atoms with Gasteiger partial charge in [0.25, 0.3) is 0 Å². The Kier molecular flexibility index (Phi) is 6.99. The number of anilines is 2. The summed E-state index contributed by atoms with van der Waals surface area (Å²) >= 11 is 5.74. The second-order valence-electron chi connectivity index (χ2n) is 7.89. The van der Waals surface area contributed by atoms with Crippen molar-refractivity contribution in [1.82, 2.24) is 4.31 Å². The first-order valence-electron chi connectivity index (χ1n) is 10.5. The Morgan fingerprint density at radius 2 is 1.78 bits per heavy atom. The van der Waals surface area contributed by atoms with Crippen LogP contribution in [0.5, 0.6) is 0 Å². The first kappa shape index (κ1) is 23.0. The fourth-order valence-electron chi connectivity index (χ4n) is 3.99. The summed E-state index contributed by atoms with van der Waals surface area (Å²) in [5.41, 5.74) is 1.75. The van der Waals surface area contributed by atoms with Crippen molar-refractivity contribution in [3.05, 3.63) is 53.3 Å². The average Bonchev–Trinajstić information content (AvgIpc) is 2.81. The van der Waals surface area contributed by atoms with Gasteiger partial charge >= 0.3 is 0 Å². The predicted molar refractivity (Wildman–Crippen MR) is 121 cm³/mol. The largest absolute Gasteiger partial charge is 0.378 e. The second-order valence-corrected chi connectivity index (χ2v) is 10.2. The molecule has 0 radical (unpaired) electrons. The Morgan fingerprint density at radius 1 is 1.06 bits per heavy atom. The zero-order chi connectivity index (χ0) is 22.7. The third kappa shape index (κ3) is 5.06. The van der Waals surface area contributed by atoms with Gasteiger partial charge in [-0.2, -0.15) is 4.31 Å². The number of ether oxygens (including phenoxy) is 1. The molecule has 0 aliphatic carbocycles. The molecule has 2 aliphatic heterocycles. The van der Waals surface area contributed by atoms with Crippen molar-refractivity contribution in [2.75, 3.05) is 49.6 Å². The van der Waals surface area contributed by atoms with Crippen LogP contribution in [0.3, 0.4) is 0 Å². The van der Waals surface area contributed by atoms with E-state index in [0.29, 0.717) is 26.1 Å². The SMILES string of the molecule is O=C(Nc1cccc(N2CCOCC2)c1)C1CCN(S(=O)(=O)c2ccc(F)c(Cl)c2)CC1. The van der Waals surface area contributed by atoms with Crippen molar-refractivity contribution < 1.29 is 22.3 Å². The molecule has 1 amide bonds. The number of halogens is 2. The molecule has 32 heavy (non-hydrogen) atoms. The number of hydrogen-bond acceptors (Lipinski definition) is 5. The van der Waals surface area contributed by atoms with E-state index in [1.165, 1.54) is 10.4 Å². The number of morpholine rings is 1. The third-order valence-electron chi connectivity index (χ3n) is 5.84. The van der Waals surface area contributed by atoms with Crippen LogP contribution in [0.1, 0.15) is 12.8 Å². The number of piperidine rings is 1. The lowest BCUT2D eigenvalue weighted by molar-refractivity contribution is -0.120. The molecule has 172 valence electrons. The summed E-state index contributed by atoms with van der Waals surface area (Å²) in [4.78, 5) is 15.0. The highest BCUT2D eigenvalue weighted by molar-refractivity contribution is 7.89. The van der Waals surface area contributed by atoms with Crippen LogP contribution in [-0.2, 0) is 19.6 Å². The van der Waals surface area contributed by atoms with Gasteiger partial charge in [0.15, 0.2) is 0 Å². The van der Waals surface area contributed by atoms with Gasteiger partial charge in [0.1, 0.15) is 5.82 Å². The summed E-state index contributed by atoms with van der Waals surface area (Å²) in [7, 11) is -3.79. The summed E-state index contributed by atoms with van der Waals surface area (Å²) in [6.07, 6.45) is 0.812. The molecule has 2 aromatic rings. The van der Waals surface area contributed by atoms with Crippen LogP contribution in [0, 0.1) is 11.7 Å². The number of nitrogens with zero attached hydrogens (tertiary/aromatic N) is 2. The number of carbonyl (C=O) groups excluding carboxylic acids is 1. The molecule has 2 aromatic carbocycles. The number of amides is 1. The molecule has 10 heteroatoms. The van der Waals surface area contributed by atoms with Crippen molar-refractivity contribution in [3.8, 4) is 0 Å². The van der Waals surface area contributed by atoms with Gasteiger partial charge in [-0.15, -0.1) is 0 Å². The lowest BCUT2D eigenvalue weighted by atomic mass is 9.97. The van der Waals surface area contributed by atoms with E-state index in [9.17, 15) is 17.6 Å². The van der Waals surface area contributed by atoms with Gasteiger partial charge in [0.05, 0.1) is 23.1 Å². The zero-order valence-corrected chi connectivity index (χ0v) is 19.0. The molecule has 0 aromatic heterocycles. The molecular weight excluding hydrogens is 457 g/mol. The second kappa shape index (κ2) is 9.74. The van der Waals surface area contributed by atoms with Gasteiger partial charge < -0.3 is 15.0 Å². The van der Waals surface area contributed by atoms with Gasteiger partial charge in [-0.25, -0.2) is 12.8 Å². The smallest absolute Gasteiger partial charge is 0.243 e. The van der Waals surface area contributed by atoms with Crippen molar-refractivity contribution in [3.63, 3.8) is 0 Å². The van der Waals surface area contributed by atoms with Gasteiger partial charge in [0, 0.05) is 43.5 Å². The lowest BCUT2D eigenvalue weighted by Gasteiger charge is -2.31. The fraction of sp³-hybridized carbons (Fsp3) is 0.409. The molecular formula is C22H25ClFN3O4S.